The van der Waals surface area contributed by atoms with Crippen molar-refractivity contribution in [1.82, 2.24) is 5.32 Å². The zero-order valence-corrected chi connectivity index (χ0v) is 92.0. The molecule has 772 valence electrons. The first-order chi connectivity index (χ1) is 68.8. The number of carboxylic acid groups (broad SMARTS) is 3. The van der Waals surface area contributed by atoms with Crippen molar-refractivity contribution in [3.05, 3.63) is 511 Å². The van der Waals surface area contributed by atoms with Crippen molar-refractivity contribution in [2.45, 2.75) is 118 Å². The summed E-state index contributed by atoms with van der Waals surface area (Å²) in [5.74, 6) is -2.24. The van der Waals surface area contributed by atoms with E-state index in [9.17, 15) is 33.9 Å². The van der Waals surface area contributed by atoms with Crippen molar-refractivity contribution in [1.29, 1.82) is 0 Å². The molecule has 0 saturated carbocycles. The van der Waals surface area contributed by atoms with Crippen molar-refractivity contribution < 1.29 is 90.0 Å². The van der Waals surface area contributed by atoms with E-state index in [0.717, 1.165) is 117 Å². The minimum Gasteiger partial charge on any atom is -0.857 e. The minimum absolute atomic E-state index is 0. The molecular formula is C120H124AlCl10IN2NaO12P. The number of aldehydes is 1. The molecule has 7 N–H and O–H groups in total. The van der Waals surface area contributed by atoms with E-state index in [1.165, 1.54) is 67.0 Å². The SMILES string of the molecule is C.C.C.C.C.CI.C[O-].ClCc1cccc(Cl)c1.NCC(O)C1c2ccccc2CCc2cc(Cl)ccc21.O=C(O)c1ccccc1/C=C/c1cccc(Cl)c1.O=C(O)c1ccccc1CCc1cccc(Cl)c1.O=C1NCC(C2c3ccccc3CCc3cc(Cl)ccc32)O1.O=C1c2ccccc2CCc2cc(Cl)ccc21.O=Cc1ccccc1C(=O)O.[Cl][Al]([Cl])[Cl].[HH].[Na+].c1ccc(P(c2ccccc2)c2ccccc2)cc1. The number of alkyl carbamates (subject to hydrolysis) is 1. The second kappa shape index (κ2) is 71.4. The molecule has 1 heterocycles. The number of benzene rings is 15. The van der Waals surface area contributed by atoms with Gasteiger partial charge in [-0.05, 0) is 261 Å². The summed E-state index contributed by atoms with van der Waals surface area (Å²) < 4.78 is 5.52. The normalized spacial score (nSPS) is 13.0. The van der Waals surface area contributed by atoms with Crippen LogP contribution in [0.3, 0.4) is 0 Å². The van der Waals surface area contributed by atoms with E-state index in [2.05, 4.69) is 161 Å². The number of fused-ring (bicyclic) bond motifs is 6. The number of nitrogens with two attached hydrogens (primary N) is 1. The van der Waals surface area contributed by atoms with E-state index < -0.39 is 43.3 Å². The van der Waals surface area contributed by atoms with E-state index in [0.29, 0.717) is 51.3 Å². The summed E-state index contributed by atoms with van der Waals surface area (Å²) in [6.45, 7) is 0.793. The number of cyclic esters (lactones) is 1. The van der Waals surface area contributed by atoms with Crippen LogP contribution in [0.1, 0.15) is 191 Å². The van der Waals surface area contributed by atoms with E-state index in [4.69, 9.17) is 142 Å². The van der Waals surface area contributed by atoms with Gasteiger partial charge in [-0.15, -0.1) is 11.6 Å². The maximum Gasteiger partial charge on any atom is 1.00 e. The number of aromatic carboxylic acids is 3. The molecule has 1 aliphatic heterocycles. The van der Waals surface area contributed by atoms with Gasteiger partial charge in [0.15, 0.2) is 12.1 Å². The van der Waals surface area contributed by atoms with E-state index >= 15 is 0 Å². The first kappa shape index (κ1) is 133. The molecule has 0 radical (unpaired) electrons. The molecule has 4 unspecified atom stereocenters. The number of carboxylic acids is 3. The number of halogens is 11. The van der Waals surface area contributed by atoms with E-state index in [-0.39, 0.29) is 121 Å². The maximum absolute atomic E-state index is 12.4. The van der Waals surface area contributed by atoms with Gasteiger partial charge in [0.1, 0.15) is 6.10 Å². The van der Waals surface area contributed by atoms with Crippen LogP contribution in [0.5, 0.6) is 0 Å². The number of rotatable bonds is 16. The molecule has 28 heteroatoms. The van der Waals surface area contributed by atoms with Crippen LogP contribution in [0.2, 0.25) is 30.1 Å². The minimum atomic E-state index is -1.72. The van der Waals surface area contributed by atoms with Crippen LogP contribution in [0, 0.1) is 0 Å². The van der Waals surface area contributed by atoms with Gasteiger partial charge in [-0.25, -0.2) is 49.3 Å². The van der Waals surface area contributed by atoms with Crippen LogP contribution in [0.4, 0.5) is 4.79 Å². The Balaban J connectivity index is 0.000000571. The fourth-order valence-electron chi connectivity index (χ4n) is 16.2. The molecule has 15 aromatic rings. The topological polar surface area (TPSA) is 254 Å². The van der Waals surface area contributed by atoms with Gasteiger partial charge in [-0.3, -0.25) is 9.59 Å². The van der Waals surface area contributed by atoms with Crippen LogP contribution >= 0.6 is 142 Å². The second-order valence-electron chi connectivity index (χ2n) is 31.7. The average molecular weight is 2350 g/mol. The largest absolute Gasteiger partial charge is 1.00 e. The molecule has 0 bridgehead atoms. The number of ether oxygens (including phenoxy) is 1. The van der Waals surface area contributed by atoms with Gasteiger partial charge in [0.25, 0.3) is 0 Å². The predicted molar refractivity (Wildman–Crippen MR) is 632 cm³/mol. The number of ketones is 1. The predicted octanol–water partition coefficient (Wildman–Crippen LogP) is 28.1. The van der Waals surface area contributed by atoms with Crippen LogP contribution in [0.15, 0.2) is 364 Å². The van der Waals surface area contributed by atoms with Gasteiger partial charge in [0.05, 0.1) is 29.3 Å². The standard InChI is InChI=1S/C18H16ClNO2.C18H15P.C17H18ClNO.C15H13ClO2.C15H11ClO2.C15H11ClO.C8H6O3.C7H6Cl2.CH3I.CH3O.5CH4.Al.3ClH.Na.H2/c19-13-7-8-15-12(9-13)6-5-11-3-1-2-4-14(11)17(15)16-10-20-18(21)22-16;1-4-10-16(11-5-1)19(17-12-6-2-7-13-17)18-14-8-3-9-15-18;18-13-7-8-15-12(9-13)6-5-11-3-1-2-4-14(11)17(15)16(20)10-19;2*16-13-6-3-4-11(10-13)8-9-12-5-1-2-7-14(12)15(17)18;16-12-7-8-14-11(9-12)6-5-10-3-1-2-4-13(10)15(14)17;9-5-6-3-1-2-4-7(6)8(10)11;8-5-6-2-1-3-7(9)4-6;2*1-2;;;;;;;;;;;/h1-4,7-9,16-17H,5-6,10H2,(H,20,21);1-15H;1-4,7-9,16-17,20H,5-6,10,19H2;1-7,10H,8-9H2,(H,17,18);1-10H,(H,17,18);1-4,7-9H,5-6H2;1-5H,(H,10,11);1-4H,5H2;2*1H3;5*1H4;;3*1H;;1H/q;;;;;;;;;-1;;;;;;+3;;;;+1;/p-3/b;;;;9-8+;;;;;;;;;;;;;;;;. The molecule has 1 saturated heterocycles. The average Bonchev–Trinajstić information content (AvgIpc) is 1.65. The quantitative estimate of drug-likeness (QED) is 0.0132. The Kier molecular flexibility index (Phi) is 64.0. The summed E-state index contributed by atoms with van der Waals surface area (Å²) in [6, 6.07) is 117. The summed E-state index contributed by atoms with van der Waals surface area (Å²) >= 11 is 41.7. The number of amides is 1. The van der Waals surface area contributed by atoms with Crippen molar-refractivity contribution in [3.8, 4) is 0 Å². The Bertz CT molecular complexity index is 6580. The van der Waals surface area contributed by atoms with Crippen molar-refractivity contribution in [3.63, 3.8) is 0 Å². The molecule has 14 nitrogen and oxygen atoms in total. The molecule has 1 amide bonds. The van der Waals surface area contributed by atoms with E-state index in [1.54, 1.807) is 60.7 Å². The zero-order valence-electron chi connectivity index (χ0n) is 78.3. The summed E-state index contributed by atoms with van der Waals surface area (Å²) in [5.41, 5.74) is 25.0. The summed E-state index contributed by atoms with van der Waals surface area (Å²) in [4.78, 5) is 68.7. The Morgan fingerprint density at radius 3 is 1.29 bits per heavy atom. The van der Waals surface area contributed by atoms with Crippen molar-refractivity contribution >= 4 is 217 Å². The van der Waals surface area contributed by atoms with Gasteiger partial charge >= 0.3 is 64.9 Å². The number of nitrogens with one attached hydrogen (secondary N) is 1. The summed E-state index contributed by atoms with van der Waals surface area (Å²) in [7, 11) is 15.1. The van der Waals surface area contributed by atoms with Gasteiger partial charge in [0, 0.05) is 72.5 Å². The van der Waals surface area contributed by atoms with Crippen LogP contribution in [-0.2, 0) is 62.0 Å². The van der Waals surface area contributed by atoms with Gasteiger partial charge in [-0.2, -0.15) is 7.11 Å². The monoisotopic (exact) mass is 2340 g/mol. The van der Waals surface area contributed by atoms with Crippen LogP contribution < -0.4 is 61.6 Å². The Labute approximate surface area is 963 Å². The number of hydrogen-bond donors (Lipinski definition) is 6. The fraction of sp³-hybridized carbons (Fsp3) is 0.183. The van der Waals surface area contributed by atoms with Crippen LogP contribution in [0.25, 0.3) is 12.2 Å². The molecule has 148 heavy (non-hydrogen) atoms. The Hall–Kier alpha value is -9.47. The number of alkyl halides is 2. The van der Waals surface area contributed by atoms with E-state index in [1.807, 2.05) is 175 Å². The first-order valence-corrected chi connectivity index (χ1v) is 56.3. The second-order valence-corrected chi connectivity index (χ2v) is 43.2. The molecule has 0 aromatic heterocycles. The molecule has 1 fully saturated rings. The molecule has 0 spiro atoms. The number of carbonyl (C=O) groups excluding carboxylic acids is 3. The van der Waals surface area contributed by atoms with Crippen molar-refractivity contribution in [2.75, 3.05) is 25.1 Å². The smallest absolute Gasteiger partial charge is 0.857 e. The zero-order chi connectivity index (χ0) is 102. The first-order valence-electron chi connectivity index (χ1n) is 44.8. The summed E-state index contributed by atoms with van der Waals surface area (Å²) in [5, 5.41) is 56.6. The molecule has 15 aromatic carbocycles. The van der Waals surface area contributed by atoms with Crippen molar-refractivity contribution in [2.24, 2.45) is 5.73 Å². The third kappa shape index (κ3) is 41.6. The number of hydrogen-bond acceptors (Lipinski definition) is 10. The third-order valence-electron chi connectivity index (χ3n) is 22.6. The Morgan fingerprint density at radius 2 is 0.804 bits per heavy atom. The molecule has 4 atom stereocenters. The fourth-order valence-corrected chi connectivity index (χ4v) is 19.9. The summed E-state index contributed by atoms with van der Waals surface area (Å²) in [6.07, 6.45) is 10.2. The molecule has 3 aliphatic carbocycles. The maximum atomic E-state index is 12.4. The molecular weight excluding hydrogens is 2220 g/mol. The molecule has 19 rings (SSSR count). The number of aliphatic hydroxyl groups is 1. The number of carbonyl (C=O) groups is 6. The number of aryl methyl sites for hydroxylation is 8. The van der Waals surface area contributed by atoms with Gasteiger partial charge < -0.3 is 41.3 Å². The molecule has 4 aliphatic rings. The third-order valence-corrected chi connectivity index (χ3v) is 26.8. The Morgan fingerprint density at radius 1 is 0.432 bits per heavy atom. The number of aliphatic hydroxyl groups excluding tert-OH is 1. The van der Waals surface area contributed by atoms with Gasteiger partial charge in [0.2, 0.25) is 0 Å². The van der Waals surface area contributed by atoms with Crippen LogP contribution in [-0.4, -0.2) is 105 Å². The van der Waals surface area contributed by atoms with Gasteiger partial charge in [-0.1, -0.05) is 408 Å².